The molecule has 2 aliphatic heterocycles. The number of rotatable bonds is 4. The molecule has 1 saturated heterocycles. The second-order valence-corrected chi connectivity index (χ2v) is 7.85. The van der Waals surface area contributed by atoms with Crippen LogP contribution in [0, 0.1) is 5.92 Å². The Morgan fingerprint density at radius 1 is 1.30 bits per heavy atom. The quantitative estimate of drug-likeness (QED) is 0.790. The highest BCUT2D eigenvalue weighted by atomic mass is 16.5. The Kier molecular flexibility index (Phi) is 5.81. The summed E-state index contributed by atoms with van der Waals surface area (Å²) in [6.45, 7) is 6.23. The first-order chi connectivity index (χ1) is 14.5. The van der Waals surface area contributed by atoms with E-state index in [2.05, 4.69) is 11.4 Å². The molecule has 1 amide bonds. The van der Waals surface area contributed by atoms with Gasteiger partial charge in [-0.1, -0.05) is 12.1 Å². The fourth-order valence-corrected chi connectivity index (χ4v) is 4.59. The van der Waals surface area contributed by atoms with Gasteiger partial charge in [-0.3, -0.25) is 9.59 Å². The number of ether oxygens (including phenoxy) is 2. The number of morpholine rings is 1. The third-order valence-electron chi connectivity index (χ3n) is 5.99. The molecule has 0 saturated carbocycles. The van der Waals surface area contributed by atoms with Crippen molar-refractivity contribution in [2.45, 2.75) is 32.6 Å². The van der Waals surface area contributed by atoms with Crippen LogP contribution in [0.5, 0.6) is 11.5 Å². The summed E-state index contributed by atoms with van der Waals surface area (Å²) in [4.78, 5) is 28.4. The van der Waals surface area contributed by atoms with Crippen molar-refractivity contribution in [2.75, 3.05) is 32.9 Å². The summed E-state index contributed by atoms with van der Waals surface area (Å²) in [5.74, 6) is -0.422. The molecule has 30 heavy (non-hydrogen) atoms. The second-order valence-electron chi connectivity index (χ2n) is 7.85. The van der Waals surface area contributed by atoms with Crippen molar-refractivity contribution in [3.8, 4) is 11.5 Å². The summed E-state index contributed by atoms with van der Waals surface area (Å²) in [5.41, 5.74) is 3.01. The monoisotopic (exact) mass is 412 g/mol. The zero-order valence-corrected chi connectivity index (χ0v) is 17.4. The van der Waals surface area contributed by atoms with Crippen LogP contribution in [-0.4, -0.2) is 54.6 Å². The van der Waals surface area contributed by atoms with E-state index >= 15 is 0 Å². The first kappa shape index (κ1) is 20.5. The molecule has 2 atom stereocenters. The second kappa shape index (κ2) is 8.52. The van der Waals surface area contributed by atoms with Gasteiger partial charge >= 0.3 is 0 Å². The first-order valence-corrected chi connectivity index (χ1v) is 10.5. The van der Waals surface area contributed by atoms with E-state index in [1.807, 2.05) is 13.8 Å². The van der Waals surface area contributed by atoms with Gasteiger partial charge in [-0.15, -0.1) is 0 Å². The smallest absolute Gasteiger partial charge is 0.252 e. The van der Waals surface area contributed by atoms with Crippen LogP contribution in [0.25, 0.3) is 0 Å². The molecule has 0 spiro atoms. The highest BCUT2D eigenvalue weighted by Crippen LogP contribution is 2.45. The standard InChI is InChI=1S/C23H28N2O5/c1-3-30-19-13-15(7-8-17(19)26)21-20(23(28)25-9-11-29-12-10-25)14(2)24-16-5-4-6-18(27)22(16)21/h5,7-8,13,21-22,24,26H,3-4,6,9-12H2,1-2H3. The molecular weight excluding hydrogens is 384 g/mol. The molecule has 0 aromatic heterocycles. The molecule has 1 aromatic carbocycles. The number of fused-ring (bicyclic) bond motifs is 1. The Morgan fingerprint density at radius 2 is 2.07 bits per heavy atom. The molecule has 2 heterocycles. The van der Waals surface area contributed by atoms with Gasteiger partial charge in [0, 0.05) is 42.4 Å². The van der Waals surface area contributed by atoms with Gasteiger partial charge in [-0.05, 0) is 38.0 Å². The molecule has 160 valence electrons. The fourth-order valence-electron chi connectivity index (χ4n) is 4.59. The lowest BCUT2D eigenvalue weighted by atomic mass is 9.70. The average Bonchev–Trinajstić information content (AvgIpc) is 2.75. The third kappa shape index (κ3) is 3.69. The van der Waals surface area contributed by atoms with E-state index in [-0.39, 0.29) is 17.4 Å². The molecule has 1 aromatic rings. The van der Waals surface area contributed by atoms with Crippen molar-refractivity contribution in [3.05, 3.63) is 46.8 Å². The fraction of sp³-hybridized carbons (Fsp3) is 0.478. The average molecular weight is 412 g/mol. The number of aromatic hydroxyl groups is 1. The molecule has 1 fully saturated rings. The lowest BCUT2D eigenvalue weighted by Crippen LogP contribution is -2.47. The lowest BCUT2D eigenvalue weighted by Gasteiger charge is -2.40. The number of amides is 1. The predicted octanol–water partition coefficient (Wildman–Crippen LogP) is 2.47. The summed E-state index contributed by atoms with van der Waals surface area (Å²) < 4.78 is 11.0. The first-order valence-electron chi connectivity index (χ1n) is 10.5. The summed E-state index contributed by atoms with van der Waals surface area (Å²) in [6, 6.07) is 5.12. The molecule has 7 heteroatoms. The van der Waals surface area contributed by atoms with E-state index in [1.54, 1.807) is 23.1 Å². The zero-order chi connectivity index (χ0) is 21.3. The van der Waals surface area contributed by atoms with Crippen molar-refractivity contribution in [1.82, 2.24) is 10.2 Å². The maximum atomic E-state index is 13.6. The van der Waals surface area contributed by atoms with E-state index in [9.17, 15) is 14.7 Å². The number of carbonyl (C=O) groups is 2. The van der Waals surface area contributed by atoms with Gasteiger partial charge in [-0.25, -0.2) is 0 Å². The molecule has 2 N–H and O–H groups in total. The number of hydrogen-bond donors (Lipinski definition) is 2. The number of allylic oxidation sites excluding steroid dienone is 3. The normalized spacial score (nSPS) is 24.1. The summed E-state index contributed by atoms with van der Waals surface area (Å²) in [6.07, 6.45) is 3.22. The van der Waals surface area contributed by atoms with Crippen LogP contribution >= 0.6 is 0 Å². The van der Waals surface area contributed by atoms with Crippen LogP contribution < -0.4 is 10.1 Å². The molecule has 7 nitrogen and oxygen atoms in total. The van der Waals surface area contributed by atoms with E-state index in [0.29, 0.717) is 57.1 Å². The van der Waals surface area contributed by atoms with Crippen molar-refractivity contribution in [2.24, 2.45) is 5.92 Å². The van der Waals surface area contributed by atoms with Crippen molar-refractivity contribution >= 4 is 11.7 Å². The lowest BCUT2D eigenvalue weighted by molar-refractivity contribution is -0.132. The number of ketones is 1. The van der Waals surface area contributed by atoms with Crippen molar-refractivity contribution in [1.29, 1.82) is 0 Å². The minimum Gasteiger partial charge on any atom is -0.504 e. The number of carbonyl (C=O) groups excluding carboxylic acids is 2. The SMILES string of the molecule is CCOc1cc(C2C(C(=O)N3CCOCC3)=C(C)NC3=CCCC(=O)C32)ccc1O. The summed E-state index contributed by atoms with van der Waals surface area (Å²) >= 11 is 0. The van der Waals surface area contributed by atoms with Gasteiger partial charge in [0.1, 0.15) is 5.78 Å². The Hall–Kier alpha value is -2.80. The van der Waals surface area contributed by atoms with Crippen LogP contribution in [-0.2, 0) is 14.3 Å². The Morgan fingerprint density at radius 3 is 2.80 bits per heavy atom. The summed E-state index contributed by atoms with van der Waals surface area (Å²) in [5, 5.41) is 13.5. The Labute approximate surface area is 176 Å². The van der Waals surface area contributed by atoms with Gasteiger partial charge in [0.15, 0.2) is 11.5 Å². The van der Waals surface area contributed by atoms with Crippen molar-refractivity contribution in [3.63, 3.8) is 0 Å². The number of nitrogens with zero attached hydrogens (tertiary/aromatic N) is 1. The largest absolute Gasteiger partial charge is 0.504 e. The number of nitrogens with one attached hydrogen (secondary N) is 1. The molecule has 0 radical (unpaired) electrons. The van der Waals surface area contributed by atoms with Gasteiger partial charge in [0.2, 0.25) is 0 Å². The summed E-state index contributed by atoms with van der Waals surface area (Å²) in [7, 11) is 0. The third-order valence-corrected chi connectivity index (χ3v) is 5.99. The maximum absolute atomic E-state index is 13.6. The van der Waals surface area contributed by atoms with E-state index in [1.165, 1.54) is 0 Å². The molecular formula is C23H28N2O5. The Bertz CT molecular complexity index is 914. The Balaban J connectivity index is 1.82. The van der Waals surface area contributed by atoms with Gasteiger partial charge in [0.05, 0.1) is 25.7 Å². The van der Waals surface area contributed by atoms with Crippen LogP contribution in [0.15, 0.2) is 41.2 Å². The van der Waals surface area contributed by atoms with Crippen LogP contribution in [0.3, 0.4) is 0 Å². The van der Waals surface area contributed by atoms with Crippen LogP contribution in [0.1, 0.15) is 38.2 Å². The van der Waals surface area contributed by atoms with Crippen LogP contribution in [0.4, 0.5) is 0 Å². The minimum absolute atomic E-state index is 0.0435. The van der Waals surface area contributed by atoms with Crippen LogP contribution in [0.2, 0.25) is 0 Å². The zero-order valence-electron chi connectivity index (χ0n) is 17.4. The van der Waals surface area contributed by atoms with E-state index < -0.39 is 11.8 Å². The maximum Gasteiger partial charge on any atom is 0.252 e. The van der Waals surface area contributed by atoms with Gasteiger partial charge in [0.25, 0.3) is 5.91 Å². The molecule has 0 bridgehead atoms. The highest BCUT2D eigenvalue weighted by Gasteiger charge is 2.44. The molecule has 4 rings (SSSR count). The van der Waals surface area contributed by atoms with E-state index in [4.69, 9.17) is 9.47 Å². The van der Waals surface area contributed by atoms with Gasteiger partial charge in [-0.2, -0.15) is 0 Å². The number of hydrogen-bond acceptors (Lipinski definition) is 6. The number of benzene rings is 1. The highest BCUT2D eigenvalue weighted by molar-refractivity contribution is 5.99. The van der Waals surface area contributed by atoms with Gasteiger partial charge < -0.3 is 24.8 Å². The predicted molar refractivity (Wildman–Crippen MR) is 111 cm³/mol. The number of phenols is 1. The molecule has 1 aliphatic carbocycles. The number of phenolic OH excluding ortho intramolecular Hbond substituents is 1. The van der Waals surface area contributed by atoms with Crippen molar-refractivity contribution < 1.29 is 24.2 Å². The minimum atomic E-state index is -0.443. The molecule has 2 unspecified atom stereocenters. The molecule has 3 aliphatic rings. The topological polar surface area (TPSA) is 88.1 Å². The number of Topliss-reactive ketones (excluding diaryl/α,β-unsaturated/α-hetero) is 1. The van der Waals surface area contributed by atoms with E-state index in [0.717, 1.165) is 17.0 Å².